The van der Waals surface area contributed by atoms with E-state index in [9.17, 15) is 14.7 Å². The van der Waals surface area contributed by atoms with Gasteiger partial charge in [-0.05, 0) is 23.3 Å². The van der Waals surface area contributed by atoms with Crippen molar-refractivity contribution < 1.29 is 24.2 Å². The zero-order valence-corrected chi connectivity index (χ0v) is 14.8. The minimum atomic E-state index is -1.13. The number of carboxylic acids is 1. The molecule has 140 valence electrons. The topological polar surface area (TPSA) is 101 Å². The quantitative estimate of drug-likeness (QED) is 0.595. The third kappa shape index (κ3) is 4.58. The first-order valence-electron chi connectivity index (χ1n) is 8.41. The summed E-state index contributed by atoms with van der Waals surface area (Å²) in [5.41, 5.74) is 2.44. The minimum absolute atomic E-state index is 0.0753. The Morgan fingerprint density at radius 3 is 2.67 bits per heavy atom. The molecule has 0 aliphatic carbocycles. The Bertz CT molecular complexity index is 936. The van der Waals surface area contributed by atoms with Crippen molar-refractivity contribution in [1.82, 2.24) is 10.3 Å². The van der Waals surface area contributed by atoms with E-state index in [1.54, 1.807) is 19.4 Å². The first-order chi connectivity index (χ1) is 13.1. The minimum Gasteiger partial charge on any atom is -0.497 e. The van der Waals surface area contributed by atoms with Crippen molar-refractivity contribution in [2.24, 2.45) is 0 Å². The molecular formula is C20H20N2O5. The molecule has 0 fully saturated rings. The molecule has 7 heteroatoms. The van der Waals surface area contributed by atoms with Gasteiger partial charge in [0.15, 0.2) is 0 Å². The molecule has 0 radical (unpaired) electrons. The Kier molecular flexibility index (Phi) is 5.61. The fraction of sp³-hybridized carbons (Fsp3) is 0.200. The third-order valence-corrected chi connectivity index (χ3v) is 4.20. The summed E-state index contributed by atoms with van der Waals surface area (Å²) in [6, 6.07) is 13.6. The maximum atomic E-state index is 12.0. The van der Waals surface area contributed by atoms with Gasteiger partial charge >= 0.3 is 12.1 Å². The number of benzene rings is 2. The molecule has 1 aromatic heterocycles. The number of aromatic amines is 1. The highest BCUT2D eigenvalue weighted by atomic mass is 16.5. The number of H-pyrrole nitrogens is 1. The number of alkyl carbamates (subject to hydrolysis) is 1. The van der Waals surface area contributed by atoms with Crippen molar-refractivity contribution >= 4 is 23.0 Å². The number of nitrogens with one attached hydrogen (secondary N) is 2. The summed E-state index contributed by atoms with van der Waals surface area (Å²) in [5, 5.41) is 12.7. The van der Waals surface area contributed by atoms with Gasteiger partial charge in [-0.25, -0.2) is 9.59 Å². The highest BCUT2D eigenvalue weighted by Gasteiger charge is 2.22. The average molecular weight is 368 g/mol. The fourth-order valence-electron chi connectivity index (χ4n) is 2.79. The molecule has 3 N–H and O–H groups in total. The molecule has 3 rings (SSSR count). The number of carbonyl (C=O) groups excluding carboxylic acids is 1. The normalized spacial score (nSPS) is 11.7. The number of methoxy groups -OCH3 is 1. The van der Waals surface area contributed by atoms with E-state index in [0.717, 1.165) is 22.0 Å². The lowest BCUT2D eigenvalue weighted by Crippen LogP contribution is -2.42. The SMILES string of the molecule is COc1ccc2c(C[C@@H](NC(=O)OCc3ccccc3)C(=O)O)c[nH]c2c1. The van der Waals surface area contributed by atoms with Crippen LogP contribution in [0.5, 0.6) is 5.75 Å². The molecule has 0 saturated heterocycles. The van der Waals surface area contributed by atoms with E-state index in [-0.39, 0.29) is 13.0 Å². The first-order valence-corrected chi connectivity index (χ1v) is 8.41. The zero-order chi connectivity index (χ0) is 19.2. The number of hydrogen-bond acceptors (Lipinski definition) is 4. The van der Waals surface area contributed by atoms with Gasteiger partial charge in [0.2, 0.25) is 0 Å². The van der Waals surface area contributed by atoms with Crippen LogP contribution in [0, 0.1) is 0 Å². The van der Waals surface area contributed by atoms with Crippen LogP contribution in [0.4, 0.5) is 4.79 Å². The largest absolute Gasteiger partial charge is 0.497 e. The Balaban J connectivity index is 1.65. The van der Waals surface area contributed by atoms with Crippen LogP contribution in [0.25, 0.3) is 10.9 Å². The van der Waals surface area contributed by atoms with E-state index in [1.807, 2.05) is 42.5 Å². The summed E-state index contributed by atoms with van der Waals surface area (Å²) in [4.78, 5) is 26.6. The lowest BCUT2D eigenvalue weighted by molar-refractivity contribution is -0.139. The van der Waals surface area contributed by atoms with Crippen LogP contribution >= 0.6 is 0 Å². The van der Waals surface area contributed by atoms with Crippen molar-refractivity contribution in [3.63, 3.8) is 0 Å². The van der Waals surface area contributed by atoms with Crippen LogP contribution in [-0.2, 0) is 22.6 Å². The standard InChI is InChI=1S/C20H20N2O5/c1-26-15-7-8-16-14(11-21-17(16)10-15)9-18(19(23)24)22-20(25)27-12-13-5-3-2-4-6-13/h2-8,10-11,18,21H,9,12H2,1H3,(H,22,25)(H,23,24)/t18-/m1/s1. The second-order valence-electron chi connectivity index (χ2n) is 6.03. The van der Waals surface area contributed by atoms with E-state index in [1.165, 1.54) is 0 Å². The highest BCUT2D eigenvalue weighted by Crippen LogP contribution is 2.24. The molecule has 7 nitrogen and oxygen atoms in total. The highest BCUT2D eigenvalue weighted by molar-refractivity contribution is 5.86. The van der Waals surface area contributed by atoms with Crippen LogP contribution in [0.1, 0.15) is 11.1 Å². The molecule has 1 amide bonds. The number of aliphatic carboxylic acids is 1. The first kappa shape index (κ1) is 18.3. The number of aromatic nitrogens is 1. The number of amides is 1. The van der Waals surface area contributed by atoms with E-state index in [4.69, 9.17) is 9.47 Å². The fourth-order valence-corrected chi connectivity index (χ4v) is 2.79. The van der Waals surface area contributed by atoms with Crippen molar-refractivity contribution in [3.8, 4) is 5.75 Å². The Hall–Kier alpha value is -3.48. The molecule has 0 spiro atoms. The number of carbonyl (C=O) groups is 2. The Morgan fingerprint density at radius 2 is 1.96 bits per heavy atom. The summed E-state index contributed by atoms with van der Waals surface area (Å²) < 4.78 is 10.3. The summed E-state index contributed by atoms with van der Waals surface area (Å²) in [6.07, 6.45) is 1.09. The number of fused-ring (bicyclic) bond motifs is 1. The summed E-state index contributed by atoms with van der Waals surface area (Å²) >= 11 is 0. The summed E-state index contributed by atoms with van der Waals surface area (Å²) in [7, 11) is 1.58. The predicted molar refractivity (Wildman–Crippen MR) is 99.7 cm³/mol. The predicted octanol–water partition coefficient (Wildman–Crippen LogP) is 3.10. The molecule has 1 heterocycles. The van der Waals surface area contributed by atoms with Crippen molar-refractivity contribution in [1.29, 1.82) is 0 Å². The van der Waals surface area contributed by atoms with Gasteiger partial charge in [0.1, 0.15) is 18.4 Å². The van der Waals surface area contributed by atoms with Gasteiger partial charge in [-0.3, -0.25) is 0 Å². The van der Waals surface area contributed by atoms with Crippen LogP contribution in [0.3, 0.4) is 0 Å². The molecular weight excluding hydrogens is 348 g/mol. The Labute approximate surface area is 155 Å². The number of ether oxygens (including phenoxy) is 2. The van der Waals surface area contributed by atoms with Gasteiger partial charge in [0.05, 0.1) is 7.11 Å². The number of hydrogen-bond donors (Lipinski definition) is 3. The average Bonchev–Trinajstić information content (AvgIpc) is 3.08. The zero-order valence-electron chi connectivity index (χ0n) is 14.8. The lowest BCUT2D eigenvalue weighted by atomic mass is 10.1. The van der Waals surface area contributed by atoms with Gasteiger partial charge in [0.25, 0.3) is 0 Å². The van der Waals surface area contributed by atoms with Crippen LogP contribution in [0.2, 0.25) is 0 Å². The van der Waals surface area contributed by atoms with Gasteiger partial charge < -0.3 is 24.9 Å². The van der Waals surface area contributed by atoms with Crippen LogP contribution < -0.4 is 10.1 Å². The van der Waals surface area contributed by atoms with Gasteiger partial charge in [-0.1, -0.05) is 30.3 Å². The molecule has 0 aliphatic heterocycles. The van der Waals surface area contributed by atoms with Gasteiger partial charge in [-0.2, -0.15) is 0 Å². The van der Waals surface area contributed by atoms with Gasteiger partial charge in [0, 0.05) is 29.6 Å². The Morgan fingerprint density at radius 1 is 1.19 bits per heavy atom. The molecule has 0 bridgehead atoms. The third-order valence-electron chi connectivity index (χ3n) is 4.20. The molecule has 1 atom stereocenters. The van der Waals surface area contributed by atoms with Crippen molar-refractivity contribution in [2.75, 3.05) is 7.11 Å². The van der Waals surface area contributed by atoms with Crippen molar-refractivity contribution in [3.05, 3.63) is 65.9 Å². The van der Waals surface area contributed by atoms with E-state index in [2.05, 4.69) is 10.3 Å². The van der Waals surface area contributed by atoms with E-state index >= 15 is 0 Å². The second kappa shape index (κ2) is 8.27. The van der Waals surface area contributed by atoms with Crippen LogP contribution in [0.15, 0.2) is 54.7 Å². The summed E-state index contributed by atoms with van der Waals surface area (Å²) in [5.74, 6) is -0.428. The maximum absolute atomic E-state index is 12.0. The molecule has 3 aromatic rings. The van der Waals surface area contributed by atoms with E-state index < -0.39 is 18.1 Å². The second-order valence-corrected chi connectivity index (χ2v) is 6.03. The smallest absolute Gasteiger partial charge is 0.408 e. The van der Waals surface area contributed by atoms with E-state index in [0.29, 0.717) is 5.75 Å². The van der Waals surface area contributed by atoms with Crippen molar-refractivity contribution in [2.45, 2.75) is 19.1 Å². The maximum Gasteiger partial charge on any atom is 0.408 e. The van der Waals surface area contributed by atoms with Gasteiger partial charge in [-0.15, -0.1) is 0 Å². The molecule has 0 saturated carbocycles. The number of rotatable bonds is 7. The molecule has 0 unspecified atom stereocenters. The molecule has 27 heavy (non-hydrogen) atoms. The molecule has 0 aliphatic rings. The monoisotopic (exact) mass is 368 g/mol. The summed E-state index contributed by atoms with van der Waals surface area (Å²) in [6.45, 7) is 0.0753. The number of carboxylic acid groups (broad SMARTS) is 1. The van der Waals surface area contributed by atoms with Crippen LogP contribution in [-0.4, -0.2) is 35.3 Å². The molecule has 2 aromatic carbocycles. The lowest BCUT2D eigenvalue weighted by Gasteiger charge is -2.14.